The van der Waals surface area contributed by atoms with Crippen molar-refractivity contribution in [1.82, 2.24) is 4.90 Å². The van der Waals surface area contributed by atoms with Gasteiger partial charge in [0.1, 0.15) is 5.54 Å². The first-order valence-electron chi connectivity index (χ1n) is 7.16. The number of carboxylic acids is 1. The number of carbonyl (C=O) groups is 2. The lowest BCUT2D eigenvalue weighted by Crippen LogP contribution is -2.53. The summed E-state index contributed by atoms with van der Waals surface area (Å²) < 4.78 is 0. The van der Waals surface area contributed by atoms with Gasteiger partial charge in [0, 0.05) is 17.8 Å². The summed E-state index contributed by atoms with van der Waals surface area (Å²) in [4.78, 5) is 26.9. The second-order valence-corrected chi connectivity index (χ2v) is 6.35. The molecule has 0 bridgehead atoms. The quantitative estimate of drug-likeness (QED) is 0.878. The Morgan fingerprint density at radius 3 is 2.90 bits per heavy atom. The number of thiophene rings is 1. The molecular weight excluding hydrogens is 274 g/mol. The zero-order chi connectivity index (χ0) is 14.6. The van der Waals surface area contributed by atoms with Crippen LogP contribution in [0.4, 0.5) is 0 Å². The van der Waals surface area contributed by atoms with Gasteiger partial charge in [0.05, 0.1) is 0 Å². The van der Waals surface area contributed by atoms with Crippen LogP contribution in [0.2, 0.25) is 0 Å². The monoisotopic (exact) mass is 295 g/mol. The van der Waals surface area contributed by atoms with E-state index in [1.54, 1.807) is 16.2 Å². The number of carboxylic acid groups (broad SMARTS) is 1. The average Bonchev–Trinajstić information content (AvgIpc) is 3.06. The summed E-state index contributed by atoms with van der Waals surface area (Å²) in [5.41, 5.74) is -0.957. The zero-order valence-electron chi connectivity index (χ0n) is 11.8. The first kappa shape index (κ1) is 15.0. The van der Waals surface area contributed by atoms with Crippen LogP contribution >= 0.6 is 11.3 Å². The second-order valence-electron chi connectivity index (χ2n) is 5.32. The SMILES string of the molecule is CCCC1(C(=O)O)CCCN1C(=O)CCc1cccs1. The van der Waals surface area contributed by atoms with Crippen molar-refractivity contribution in [3.05, 3.63) is 22.4 Å². The number of amides is 1. The summed E-state index contributed by atoms with van der Waals surface area (Å²) in [6, 6.07) is 3.98. The van der Waals surface area contributed by atoms with E-state index in [2.05, 4.69) is 0 Å². The van der Waals surface area contributed by atoms with Gasteiger partial charge in [-0.3, -0.25) is 4.79 Å². The average molecular weight is 295 g/mol. The molecule has 5 heteroatoms. The van der Waals surface area contributed by atoms with Crippen LogP contribution in [0, 0.1) is 0 Å². The van der Waals surface area contributed by atoms with E-state index in [1.165, 1.54) is 4.88 Å². The fraction of sp³-hybridized carbons (Fsp3) is 0.600. The minimum Gasteiger partial charge on any atom is -0.479 e. The Morgan fingerprint density at radius 2 is 2.30 bits per heavy atom. The molecule has 1 N–H and O–H groups in total. The number of likely N-dealkylation sites (tertiary alicyclic amines) is 1. The van der Waals surface area contributed by atoms with E-state index in [-0.39, 0.29) is 5.91 Å². The predicted octanol–water partition coefficient (Wildman–Crippen LogP) is 2.93. The van der Waals surface area contributed by atoms with Crippen LogP contribution in [-0.4, -0.2) is 34.0 Å². The third-order valence-electron chi connectivity index (χ3n) is 4.02. The van der Waals surface area contributed by atoms with Crippen molar-refractivity contribution in [2.45, 2.75) is 51.0 Å². The summed E-state index contributed by atoms with van der Waals surface area (Å²) in [5, 5.41) is 11.6. The predicted molar refractivity (Wildman–Crippen MR) is 78.9 cm³/mol. The van der Waals surface area contributed by atoms with Crippen LogP contribution in [-0.2, 0) is 16.0 Å². The van der Waals surface area contributed by atoms with Crippen LogP contribution in [0.15, 0.2) is 17.5 Å². The first-order chi connectivity index (χ1) is 9.60. The lowest BCUT2D eigenvalue weighted by atomic mass is 9.90. The van der Waals surface area contributed by atoms with Gasteiger partial charge in [0.15, 0.2) is 0 Å². The fourth-order valence-corrected chi connectivity index (χ4v) is 3.77. The molecule has 2 heterocycles. The van der Waals surface area contributed by atoms with Crippen molar-refractivity contribution >= 4 is 23.2 Å². The van der Waals surface area contributed by atoms with Crippen LogP contribution in [0.3, 0.4) is 0 Å². The van der Waals surface area contributed by atoms with Gasteiger partial charge in [0.2, 0.25) is 5.91 Å². The molecule has 1 aliphatic heterocycles. The van der Waals surface area contributed by atoms with Gasteiger partial charge in [0.25, 0.3) is 0 Å². The molecule has 1 aliphatic rings. The molecule has 1 fully saturated rings. The molecule has 1 saturated heterocycles. The molecule has 0 saturated carbocycles. The smallest absolute Gasteiger partial charge is 0.329 e. The van der Waals surface area contributed by atoms with Crippen molar-refractivity contribution in [3.8, 4) is 0 Å². The van der Waals surface area contributed by atoms with Gasteiger partial charge in [-0.15, -0.1) is 11.3 Å². The molecular formula is C15H21NO3S. The Morgan fingerprint density at radius 1 is 1.50 bits per heavy atom. The van der Waals surface area contributed by atoms with E-state index in [9.17, 15) is 14.7 Å². The lowest BCUT2D eigenvalue weighted by Gasteiger charge is -2.34. The van der Waals surface area contributed by atoms with Gasteiger partial charge in [-0.05, 0) is 37.1 Å². The van der Waals surface area contributed by atoms with E-state index < -0.39 is 11.5 Å². The van der Waals surface area contributed by atoms with Crippen molar-refractivity contribution in [3.63, 3.8) is 0 Å². The maximum atomic E-state index is 12.4. The molecule has 1 unspecified atom stereocenters. The van der Waals surface area contributed by atoms with E-state index in [0.717, 1.165) is 12.8 Å². The zero-order valence-corrected chi connectivity index (χ0v) is 12.6. The number of carbonyl (C=O) groups excluding carboxylic acids is 1. The lowest BCUT2D eigenvalue weighted by molar-refractivity contribution is -0.157. The Hall–Kier alpha value is -1.36. The van der Waals surface area contributed by atoms with Crippen molar-refractivity contribution in [2.75, 3.05) is 6.54 Å². The molecule has 1 atom stereocenters. The normalized spacial score (nSPS) is 22.1. The molecule has 1 amide bonds. The van der Waals surface area contributed by atoms with Gasteiger partial charge in [-0.2, -0.15) is 0 Å². The molecule has 1 aromatic heterocycles. The second kappa shape index (κ2) is 6.39. The highest BCUT2D eigenvalue weighted by Gasteiger charge is 2.48. The third kappa shape index (κ3) is 2.87. The number of hydrogen-bond donors (Lipinski definition) is 1. The molecule has 0 aliphatic carbocycles. The summed E-state index contributed by atoms with van der Waals surface area (Å²) >= 11 is 1.64. The van der Waals surface area contributed by atoms with E-state index in [4.69, 9.17) is 0 Å². The largest absolute Gasteiger partial charge is 0.479 e. The summed E-state index contributed by atoms with van der Waals surface area (Å²) in [7, 11) is 0. The van der Waals surface area contributed by atoms with E-state index >= 15 is 0 Å². The van der Waals surface area contributed by atoms with Crippen LogP contribution in [0.5, 0.6) is 0 Å². The van der Waals surface area contributed by atoms with Crippen molar-refractivity contribution in [1.29, 1.82) is 0 Å². The molecule has 20 heavy (non-hydrogen) atoms. The fourth-order valence-electron chi connectivity index (χ4n) is 3.06. The van der Waals surface area contributed by atoms with Crippen LogP contribution in [0.1, 0.15) is 43.9 Å². The number of rotatable bonds is 6. The Balaban J connectivity index is 2.05. The minimum atomic E-state index is -0.957. The standard InChI is InChI=1S/C15H21NO3S/c1-2-8-15(14(18)19)9-4-10-16(15)13(17)7-6-12-5-3-11-20-12/h3,5,11H,2,4,6-10H2,1H3,(H,18,19). The highest BCUT2D eigenvalue weighted by Crippen LogP contribution is 2.34. The van der Waals surface area contributed by atoms with Gasteiger partial charge in [-0.25, -0.2) is 4.79 Å². The third-order valence-corrected chi connectivity index (χ3v) is 4.95. The van der Waals surface area contributed by atoms with Crippen molar-refractivity contribution in [2.24, 2.45) is 0 Å². The number of hydrogen-bond acceptors (Lipinski definition) is 3. The molecule has 0 radical (unpaired) electrons. The molecule has 2 rings (SSSR count). The molecule has 110 valence electrons. The van der Waals surface area contributed by atoms with Gasteiger partial charge >= 0.3 is 5.97 Å². The molecule has 0 spiro atoms. The van der Waals surface area contributed by atoms with Crippen LogP contribution < -0.4 is 0 Å². The van der Waals surface area contributed by atoms with Crippen LogP contribution in [0.25, 0.3) is 0 Å². The maximum absolute atomic E-state index is 12.4. The van der Waals surface area contributed by atoms with E-state index in [1.807, 2.05) is 24.4 Å². The number of aryl methyl sites for hydroxylation is 1. The van der Waals surface area contributed by atoms with Crippen molar-refractivity contribution < 1.29 is 14.7 Å². The highest BCUT2D eigenvalue weighted by atomic mass is 32.1. The first-order valence-corrected chi connectivity index (χ1v) is 8.04. The maximum Gasteiger partial charge on any atom is 0.329 e. The number of nitrogens with zero attached hydrogens (tertiary/aromatic N) is 1. The molecule has 1 aromatic rings. The summed E-state index contributed by atoms with van der Waals surface area (Å²) in [5.74, 6) is -0.868. The van der Waals surface area contributed by atoms with Gasteiger partial charge in [-0.1, -0.05) is 19.4 Å². The van der Waals surface area contributed by atoms with E-state index in [0.29, 0.717) is 32.2 Å². The Kier molecular flexibility index (Phi) is 4.81. The minimum absolute atomic E-state index is 0.0215. The van der Waals surface area contributed by atoms with Gasteiger partial charge < -0.3 is 10.0 Å². The summed E-state index contributed by atoms with van der Waals surface area (Å²) in [6.07, 6.45) is 3.81. The Labute approximate surface area is 123 Å². The highest BCUT2D eigenvalue weighted by molar-refractivity contribution is 7.09. The topological polar surface area (TPSA) is 57.6 Å². The number of aliphatic carboxylic acids is 1. The summed E-state index contributed by atoms with van der Waals surface area (Å²) in [6.45, 7) is 2.55. The molecule has 0 aromatic carbocycles. The Bertz CT molecular complexity index is 471. The molecule has 4 nitrogen and oxygen atoms in total.